The molecule has 0 spiro atoms. The van der Waals surface area contributed by atoms with Gasteiger partial charge in [-0.2, -0.15) is 0 Å². The van der Waals surface area contributed by atoms with Crippen LogP contribution in [0.2, 0.25) is 0 Å². The van der Waals surface area contributed by atoms with E-state index in [-0.39, 0.29) is 30.9 Å². The van der Waals surface area contributed by atoms with Crippen molar-refractivity contribution in [1.82, 2.24) is 5.32 Å². The number of hydrogen-bond acceptors (Lipinski definition) is 4. The third-order valence-corrected chi connectivity index (χ3v) is 3.01. The van der Waals surface area contributed by atoms with E-state index >= 15 is 0 Å². The zero-order valence-electron chi connectivity index (χ0n) is 10.5. The smallest absolute Gasteiger partial charge is 0.326 e. The molecule has 0 saturated carbocycles. The Kier molecular flexibility index (Phi) is 3.99. The van der Waals surface area contributed by atoms with Crippen LogP contribution in [0.5, 0.6) is 0 Å². The molecule has 0 saturated heterocycles. The van der Waals surface area contributed by atoms with Crippen LogP contribution in [-0.2, 0) is 16.0 Å². The van der Waals surface area contributed by atoms with Gasteiger partial charge in [0.25, 0.3) is 5.91 Å². The van der Waals surface area contributed by atoms with Crippen molar-refractivity contribution in [3.05, 3.63) is 29.3 Å². The average Bonchev–Trinajstić information content (AvgIpc) is 2.76. The molecule has 106 valence electrons. The fraction of sp³-hybridized carbons (Fsp3) is 0.308. The summed E-state index contributed by atoms with van der Waals surface area (Å²) in [4.78, 5) is 34.1. The quantitative estimate of drug-likeness (QED) is 0.592. The monoisotopic (exact) mass is 278 g/mol. The lowest BCUT2D eigenvalue weighted by Crippen LogP contribution is -2.41. The van der Waals surface area contributed by atoms with Crippen molar-refractivity contribution in [1.29, 1.82) is 0 Å². The second-order valence-electron chi connectivity index (χ2n) is 4.47. The first-order valence-corrected chi connectivity index (χ1v) is 6.08. The first-order chi connectivity index (χ1) is 9.51. The van der Waals surface area contributed by atoms with Crippen LogP contribution >= 0.6 is 0 Å². The van der Waals surface area contributed by atoms with Gasteiger partial charge in [-0.15, -0.1) is 0 Å². The predicted octanol–water partition coefficient (Wildman–Crippen LogP) is -0.253. The highest BCUT2D eigenvalue weighted by Gasteiger charge is 2.22. The van der Waals surface area contributed by atoms with Crippen LogP contribution < -0.4 is 10.6 Å². The molecule has 1 atom stereocenters. The number of carbonyl (C=O) groups is 3. The number of benzene rings is 1. The van der Waals surface area contributed by atoms with Crippen LogP contribution in [-0.4, -0.2) is 40.6 Å². The molecule has 0 unspecified atom stereocenters. The number of rotatable bonds is 5. The molecule has 2 amide bonds. The number of carboxylic acids is 1. The minimum Gasteiger partial charge on any atom is -0.480 e. The molecule has 0 fully saturated rings. The Labute approximate surface area is 114 Å². The number of aliphatic hydroxyl groups excluding tert-OH is 1. The highest BCUT2D eigenvalue weighted by Crippen LogP contribution is 2.23. The third kappa shape index (κ3) is 2.94. The molecule has 1 aromatic carbocycles. The van der Waals surface area contributed by atoms with Crippen molar-refractivity contribution in [2.24, 2.45) is 0 Å². The Morgan fingerprint density at radius 3 is 2.80 bits per heavy atom. The van der Waals surface area contributed by atoms with Gasteiger partial charge in [0.1, 0.15) is 6.04 Å². The number of aliphatic carboxylic acids is 1. The Hall–Kier alpha value is -2.41. The maximum atomic E-state index is 12.0. The number of nitrogens with one attached hydrogen (secondary N) is 2. The number of anilines is 1. The number of carboxylic acid groups (broad SMARTS) is 1. The van der Waals surface area contributed by atoms with Gasteiger partial charge in [-0.3, -0.25) is 9.59 Å². The van der Waals surface area contributed by atoms with Gasteiger partial charge in [0.05, 0.1) is 6.42 Å². The zero-order valence-corrected chi connectivity index (χ0v) is 10.5. The van der Waals surface area contributed by atoms with Gasteiger partial charge in [-0.25, -0.2) is 4.79 Å². The van der Waals surface area contributed by atoms with Crippen LogP contribution in [0.15, 0.2) is 18.2 Å². The summed E-state index contributed by atoms with van der Waals surface area (Å²) in [5.74, 6) is -1.89. The highest BCUT2D eigenvalue weighted by molar-refractivity contribution is 6.02. The first-order valence-electron chi connectivity index (χ1n) is 6.08. The van der Waals surface area contributed by atoms with E-state index in [0.717, 1.165) is 0 Å². The van der Waals surface area contributed by atoms with Gasteiger partial charge in [0, 0.05) is 24.3 Å². The van der Waals surface area contributed by atoms with Crippen LogP contribution in [0.3, 0.4) is 0 Å². The average molecular weight is 278 g/mol. The van der Waals surface area contributed by atoms with Crippen molar-refractivity contribution in [3.8, 4) is 0 Å². The molecule has 20 heavy (non-hydrogen) atoms. The van der Waals surface area contributed by atoms with Crippen molar-refractivity contribution in [3.63, 3.8) is 0 Å². The first kappa shape index (κ1) is 14.0. The molecule has 0 bridgehead atoms. The lowest BCUT2D eigenvalue weighted by Gasteiger charge is -2.13. The van der Waals surface area contributed by atoms with E-state index in [9.17, 15) is 14.4 Å². The molecule has 1 aliphatic heterocycles. The summed E-state index contributed by atoms with van der Waals surface area (Å²) in [5, 5.41) is 22.7. The Balaban J connectivity index is 2.12. The number of aliphatic hydroxyl groups is 1. The molecule has 0 radical (unpaired) electrons. The van der Waals surface area contributed by atoms with Crippen LogP contribution in [0, 0.1) is 0 Å². The Morgan fingerprint density at radius 2 is 2.15 bits per heavy atom. The predicted molar refractivity (Wildman–Crippen MR) is 69.4 cm³/mol. The fourth-order valence-corrected chi connectivity index (χ4v) is 2.00. The summed E-state index contributed by atoms with van der Waals surface area (Å²) < 4.78 is 0. The largest absolute Gasteiger partial charge is 0.480 e. The van der Waals surface area contributed by atoms with E-state index in [1.807, 2.05) is 0 Å². The van der Waals surface area contributed by atoms with E-state index in [1.54, 1.807) is 12.1 Å². The molecule has 7 heteroatoms. The molecule has 0 aromatic heterocycles. The summed E-state index contributed by atoms with van der Waals surface area (Å²) >= 11 is 0. The molecule has 7 nitrogen and oxygen atoms in total. The van der Waals surface area contributed by atoms with E-state index < -0.39 is 17.9 Å². The van der Waals surface area contributed by atoms with Gasteiger partial charge >= 0.3 is 5.97 Å². The molecule has 0 aliphatic carbocycles. The maximum Gasteiger partial charge on any atom is 0.326 e. The van der Waals surface area contributed by atoms with Crippen molar-refractivity contribution < 1.29 is 24.6 Å². The normalized spacial score (nSPS) is 14.3. The third-order valence-electron chi connectivity index (χ3n) is 3.01. The minimum atomic E-state index is -1.20. The van der Waals surface area contributed by atoms with Crippen molar-refractivity contribution >= 4 is 23.5 Å². The molecule has 1 heterocycles. The summed E-state index contributed by atoms with van der Waals surface area (Å²) in [7, 11) is 0. The van der Waals surface area contributed by atoms with Crippen molar-refractivity contribution in [2.45, 2.75) is 18.9 Å². The minimum absolute atomic E-state index is 0.0634. The van der Waals surface area contributed by atoms with Gasteiger partial charge in [0.15, 0.2) is 0 Å². The molecular weight excluding hydrogens is 264 g/mol. The second-order valence-corrected chi connectivity index (χ2v) is 4.47. The summed E-state index contributed by atoms with van der Waals surface area (Å²) in [6.07, 6.45) is 0.140. The van der Waals surface area contributed by atoms with Gasteiger partial charge < -0.3 is 20.8 Å². The lowest BCUT2D eigenvalue weighted by molar-refractivity contribution is -0.139. The molecular formula is C13H14N2O5. The fourth-order valence-electron chi connectivity index (χ4n) is 2.00. The Bertz CT molecular complexity index is 570. The zero-order chi connectivity index (χ0) is 14.7. The SMILES string of the molecule is O=C1Cc2cc(C(=O)N[C@@H](CCO)C(=O)O)ccc2N1. The van der Waals surface area contributed by atoms with E-state index in [0.29, 0.717) is 11.3 Å². The van der Waals surface area contributed by atoms with Crippen molar-refractivity contribution in [2.75, 3.05) is 11.9 Å². The highest BCUT2D eigenvalue weighted by atomic mass is 16.4. The van der Waals surface area contributed by atoms with E-state index in [4.69, 9.17) is 10.2 Å². The topological polar surface area (TPSA) is 116 Å². The molecule has 1 aliphatic rings. The van der Waals surface area contributed by atoms with E-state index in [2.05, 4.69) is 10.6 Å². The summed E-state index contributed by atoms with van der Waals surface area (Å²) in [6, 6.07) is 3.54. The molecule has 4 N–H and O–H groups in total. The number of fused-ring (bicyclic) bond motifs is 1. The van der Waals surface area contributed by atoms with Crippen LogP contribution in [0.25, 0.3) is 0 Å². The summed E-state index contributed by atoms with van der Waals surface area (Å²) in [6.45, 7) is -0.333. The van der Waals surface area contributed by atoms with Gasteiger partial charge in [-0.05, 0) is 23.8 Å². The Morgan fingerprint density at radius 1 is 1.40 bits per heavy atom. The molecule has 2 rings (SSSR count). The van der Waals surface area contributed by atoms with E-state index in [1.165, 1.54) is 6.07 Å². The lowest BCUT2D eigenvalue weighted by atomic mass is 10.1. The van der Waals surface area contributed by atoms with Crippen LogP contribution in [0.1, 0.15) is 22.3 Å². The maximum absolute atomic E-state index is 12.0. The number of carbonyl (C=O) groups excluding carboxylic acids is 2. The van der Waals surface area contributed by atoms with Gasteiger partial charge in [0.2, 0.25) is 5.91 Å². The number of amides is 2. The standard InChI is InChI=1S/C13H14N2O5/c16-4-3-10(13(19)20)15-12(18)7-1-2-9-8(5-7)6-11(17)14-9/h1-2,5,10,16H,3-4,6H2,(H,14,17)(H,15,18)(H,19,20)/t10-/m0/s1. The molecule has 1 aromatic rings. The van der Waals surface area contributed by atoms with Gasteiger partial charge in [-0.1, -0.05) is 0 Å². The second kappa shape index (κ2) is 5.70. The number of hydrogen-bond donors (Lipinski definition) is 4. The van der Waals surface area contributed by atoms with Crippen LogP contribution in [0.4, 0.5) is 5.69 Å². The summed E-state index contributed by atoms with van der Waals surface area (Å²) in [5.41, 5.74) is 1.65.